The molecule has 0 aliphatic carbocycles. The van der Waals surface area contributed by atoms with Gasteiger partial charge in [-0.2, -0.15) is 0 Å². The second-order valence-corrected chi connectivity index (χ2v) is 5.15. The Kier molecular flexibility index (Phi) is 5.04. The average molecular weight is 271 g/mol. The van der Waals surface area contributed by atoms with Crippen LogP contribution >= 0.6 is 11.8 Å². The summed E-state index contributed by atoms with van der Waals surface area (Å²) in [7, 11) is 1.42. The van der Waals surface area contributed by atoms with Crippen molar-refractivity contribution < 1.29 is 9.53 Å². The molecule has 2 aromatic rings. The van der Waals surface area contributed by atoms with Gasteiger partial charge in [0, 0.05) is 10.6 Å². The van der Waals surface area contributed by atoms with Crippen LogP contribution in [-0.2, 0) is 9.53 Å². The van der Waals surface area contributed by atoms with Crippen molar-refractivity contribution in [3.63, 3.8) is 0 Å². The van der Waals surface area contributed by atoms with Crippen LogP contribution in [0.15, 0.2) is 53.4 Å². The Morgan fingerprint density at radius 2 is 2.16 bits per heavy atom. The van der Waals surface area contributed by atoms with E-state index in [9.17, 15) is 4.79 Å². The lowest BCUT2D eigenvalue weighted by Gasteiger charge is -2.05. The summed E-state index contributed by atoms with van der Waals surface area (Å²) in [5, 5.41) is 0. The normalized spacial score (nSPS) is 10.2. The zero-order chi connectivity index (χ0) is 13.5. The summed E-state index contributed by atoms with van der Waals surface area (Å²) in [6.45, 7) is 0. The number of carbonyl (C=O) groups excluding carboxylic acids is 1. The molecule has 0 fully saturated rings. The zero-order valence-corrected chi connectivity index (χ0v) is 11.6. The third kappa shape index (κ3) is 4.14. The van der Waals surface area contributed by atoms with E-state index in [1.807, 2.05) is 36.4 Å². The summed E-state index contributed by atoms with van der Waals surface area (Å²) in [5.74, 6) is 0.564. The number of rotatable bonds is 5. The van der Waals surface area contributed by atoms with Gasteiger partial charge in [0.1, 0.15) is 0 Å². The third-order valence-corrected chi connectivity index (χ3v) is 3.65. The van der Waals surface area contributed by atoms with Crippen molar-refractivity contribution in [3.05, 3.63) is 54.6 Å². The van der Waals surface area contributed by atoms with Crippen LogP contribution in [0.1, 0.15) is 6.42 Å². The molecule has 0 aromatic heterocycles. The fourth-order valence-electron chi connectivity index (χ4n) is 1.68. The molecule has 0 amide bonds. The van der Waals surface area contributed by atoms with Crippen LogP contribution in [0.5, 0.6) is 0 Å². The summed E-state index contributed by atoms with van der Waals surface area (Å²) < 4.78 is 4.62. The van der Waals surface area contributed by atoms with Crippen LogP contribution < -0.4 is 0 Å². The molecule has 1 radical (unpaired) electrons. The molecule has 0 bridgehead atoms. The molecule has 0 saturated carbocycles. The van der Waals surface area contributed by atoms with E-state index in [1.165, 1.54) is 7.11 Å². The predicted octanol–water partition coefficient (Wildman–Crippen LogP) is 3.81. The molecule has 0 N–H and O–H groups in total. The van der Waals surface area contributed by atoms with E-state index in [2.05, 4.69) is 22.9 Å². The van der Waals surface area contributed by atoms with Gasteiger partial charge in [-0.15, -0.1) is 11.8 Å². The number of esters is 1. The van der Waals surface area contributed by atoms with Crippen LogP contribution in [0.4, 0.5) is 0 Å². The minimum atomic E-state index is -0.167. The molecular formula is C16H15O2S. The van der Waals surface area contributed by atoms with E-state index < -0.39 is 0 Å². The van der Waals surface area contributed by atoms with E-state index in [0.717, 1.165) is 21.8 Å². The van der Waals surface area contributed by atoms with Gasteiger partial charge in [-0.25, -0.2) is 0 Å². The Morgan fingerprint density at radius 3 is 2.89 bits per heavy atom. The molecule has 0 atom stereocenters. The number of ether oxygens (including phenoxy) is 1. The lowest BCUT2D eigenvalue weighted by Crippen LogP contribution is -2.00. The van der Waals surface area contributed by atoms with Gasteiger partial charge in [0.25, 0.3) is 0 Å². The van der Waals surface area contributed by atoms with Gasteiger partial charge in [0.2, 0.25) is 0 Å². The van der Waals surface area contributed by atoms with Crippen LogP contribution in [0.2, 0.25) is 0 Å². The topological polar surface area (TPSA) is 26.3 Å². The highest BCUT2D eigenvalue weighted by molar-refractivity contribution is 7.99. The SMILES string of the molecule is COC(=O)CCSc1cccc(-c2[c]cccc2)c1. The maximum Gasteiger partial charge on any atom is 0.306 e. The van der Waals surface area contributed by atoms with Gasteiger partial charge < -0.3 is 4.74 Å². The van der Waals surface area contributed by atoms with Gasteiger partial charge >= 0.3 is 5.97 Å². The standard InChI is InChI=1S/C16H15O2S/c1-18-16(17)10-11-19-15-9-5-8-14(12-15)13-6-3-2-4-7-13/h2-6,8-9,12H,10-11H2,1H3. The van der Waals surface area contributed by atoms with Crippen LogP contribution in [0.25, 0.3) is 11.1 Å². The first-order valence-electron chi connectivity index (χ1n) is 6.06. The monoisotopic (exact) mass is 271 g/mol. The highest BCUT2D eigenvalue weighted by Gasteiger charge is 2.02. The molecule has 0 heterocycles. The number of methoxy groups -OCH3 is 1. The van der Waals surface area contributed by atoms with Crippen LogP contribution in [0.3, 0.4) is 0 Å². The lowest BCUT2D eigenvalue weighted by atomic mass is 10.1. The van der Waals surface area contributed by atoms with E-state index in [0.29, 0.717) is 6.42 Å². The smallest absolute Gasteiger partial charge is 0.306 e. The molecule has 0 spiro atoms. The quantitative estimate of drug-likeness (QED) is 0.611. The lowest BCUT2D eigenvalue weighted by molar-refractivity contribution is -0.140. The molecule has 2 rings (SSSR count). The van der Waals surface area contributed by atoms with E-state index in [1.54, 1.807) is 11.8 Å². The highest BCUT2D eigenvalue weighted by Crippen LogP contribution is 2.25. The maximum atomic E-state index is 11.0. The van der Waals surface area contributed by atoms with Gasteiger partial charge in [-0.1, -0.05) is 36.4 Å². The molecule has 0 saturated heterocycles. The molecule has 19 heavy (non-hydrogen) atoms. The van der Waals surface area contributed by atoms with Gasteiger partial charge in [-0.05, 0) is 29.3 Å². The van der Waals surface area contributed by atoms with Crippen molar-refractivity contribution in [2.75, 3.05) is 12.9 Å². The van der Waals surface area contributed by atoms with Gasteiger partial charge in [0.15, 0.2) is 0 Å². The maximum absolute atomic E-state index is 11.0. The van der Waals surface area contributed by atoms with Crippen molar-refractivity contribution in [2.45, 2.75) is 11.3 Å². The summed E-state index contributed by atoms with van der Waals surface area (Å²) >= 11 is 1.66. The Bertz CT molecular complexity index is 537. The first-order chi connectivity index (χ1) is 9.29. The van der Waals surface area contributed by atoms with Gasteiger partial charge in [-0.3, -0.25) is 4.79 Å². The number of hydrogen-bond acceptors (Lipinski definition) is 3. The zero-order valence-electron chi connectivity index (χ0n) is 10.8. The molecule has 2 aromatic carbocycles. The summed E-state index contributed by atoms with van der Waals surface area (Å²) in [6, 6.07) is 19.4. The van der Waals surface area contributed by atoms with Crippen LogP contribution in [0, 0.1) is 6.07 Å². The Labute approximate surface area is 117 Å². The molecule has 0 aliphatic heterocycles. The van der Waals surface area contributed by atoms with Crippen molar-refractivity contribution in [2.24, 2.45) is 0 Å². The molecule has 97 valence electrons. The minimum Gasteiger partial charge on any atom is -0.469 e. The Balaban J connectivity index is 2.02. The second-order valence-electron chi connectivity index (χ2n) is 3.98. The fourth-order valence-corrected chi connectivity index (χ4v) is 2.57. The predicted molar refractivity (Wildman–Crippen MR) is 78.1 cm³/mol. The Hall–Kier alpha value is -1.74. The van der Waals surface area contributed by atoms with Gasteiger partial charge in [0.05, 0.1) is 13.5 Å². The summed E-state index contributed by atoms with van der Waals surface area (Å²) in [4.78, 5) is 12.2. The average Bonchev–Trinajstić information content (AvgIpc) is 2.48. The molecule has 0 aliphatic rings. The molecule has 2 nitrogen and oxygen atoms in total. The van der Waals surface area contributed by atoms with Crippen molar-refractivity contribution in [1.82, 2.24) is 0 Å². The fraction of sp³-hybridized carbons (Fsp3) is 0.188. The largest absolute Gasteiger partial charge is 0.469 e. The highest BCUT2D eigenvalue weighted by atomic mass is 32.2. The number of hydrogen-bond donors (Lipinski definition) is 0. The first kappa shape index (κ1) is 13.7. The minimum absolute atomic E-state index is 0.167. The van der Waals surface area contributed by atoms with Crippen molar-refractivity contribution in [3.8, 4) is 11.1 Å². The number of benzene rings is 2. The number of carbonyl (C=O) groups is 1. The van der Waals surface area contributed by atoms with E-state index >= 15 is 0 Å². The van der Waals surface area contributed by atoms with E-state index in [4.69, 9.17) is 0 Å². The summed E-state index contributed by atoms with van der Waals surface area (Å²) in [6.07, 6.45) is 0.433. The Morgan fingerprint density at radius 1 is 1.26 bits per heavy atom. The summed E-state index contributed by atoms with van der Waals surface area (Å²) in [5.41, 5.74) is 2.22. The number of thioether (sulfide) groups is 1. The third-order valence-electron chi connectivity index (χ3n) is 2.66. The van der Waals surface area contributed by atoms with Crippen molar-refractivity contribution >= 4 is 17.7 Å². The van der Waals surface area contributed by atoms with Crippen LogP contribution in [-0.4, -0.2) is 18.8 Å². The molecular weight excluding hydrogens is 256 g/mol. The van der Waals surface area contributed by atoms with E-state index in [-0.39, 0.29) is 5.97 Å². The molecule has 0 unspecified atom stereocenters. The first-order valence-corrected chi connectivity index (χ1v) is 7.05. The molecule has 3 heteroatoms. The van der Waals surface area contributed by atoms with Crippen molar-refractivity contribution in [1.29, 1.82) is 0 Å². The second kappa shape index (κ2) is 7.00.